The monoisotopic (exact) mass is 412 g/mol. The lowest BCUT2D eigenvalue weighted by molar-refractivity contribution is -0.143. The molecule has 0 amide bonds. The van der Waals surface area contributed by atoms with Gasteiger partial charge in [0.2, 0.25) is 5.89 Å². The number of carbonyl (C=O) groups excluding carboxylic acids is 1. The van der Waals surface area contributed by atoms with Crippen molar-refractivity contribution in [1.82, 2.24) is 10.2 Å². The van der Waals surface area contributed by atoms with Gasteiger partial charge in [-0.25, -0.2) is 4.79 Å². The van der Waals surface area contributed by atoms with Crippen molar-refractivity contribution in [3.63, 3.8) is 0 Å². The maximum atomic E-state index is 12.0. The standard InChI is InChI=1S/C20H17BrN2O3/c1-13-6-9-16(10-7-13)20-23-22-19(26-20)14(2)25-18(24)11-8-15-4-3-5-17(21)12-15/h3-12,14H,1-2H3/b11-8+/t14-/m1/s1. The van der Waals surface area contributed by atoms with Crippen LogP contribution in [0.4, 0.5) is 0 Å². The molecule has 0 saturated carbocycles. The van der Waals surface area contributed by atoms with Crippen LogP contribution in [0.25, 0.3) is 17.5 Å². The molecule has 0 aliphatic carbocycles. The number of aromatic nitrogens is 2. The molecule has 3 rings (SSSR count). The zero-order valence-corrected chi connectivity index (χ0v) is 15.9. The SMILES string of the molecule is Cc1ccc(-c2nnc([C@@H](C)OC(=O)/C=C/c3cccc(Br)c3)o2)cc1. The van der Waals surface area contributed by atoms with Gasteiger partial charge in [-0.2, -0.15) is 0 Å². The Kier molecular flexibility index (Phi) is 5.63. The van der Waals surface area contributed by atoms with Crippen molar-refractivity contribution < 1.29 is 13.9 Å². The first kappa shape index (κ1) is 18.1. The molecule has 26 heavy (non-hydrogen) atoms. The normalized spacial score (nSPS) is 12.3. The lowest BCUT2D eigenvalue weighted by atomic mass is 10.1. The number of ether oxygens (including phenoxy) is 1. The Labute approximate surface area is 159 Å². The van der Waals surface area contributed by atoms with Gasteiger partial charge in [-0.15, -0.1) is 10.2 Å². The van der Waals surface area contributed by atoms with E-state index in [0.29, 0.717) is 5.89 Å². The van der Waals surface area contributed by atoms with Crippen LogP contribution in [0.15, 0.2) is 63.5 Å². The molecule has 0 spiro atoms. The Morgan fingerprint density at radius 2 is 1.96 bits per heavy atom. The van der Waals surface area contributed by atoms with E-state index in [2.05, 4.69) is 26.1 Å². The minimum Gasteiger partial charge on any atom is -0.449 e. The summed E-state index contributed by atoms with van der Waals surface area (Å²) in [6.45, 7) is 3.70. The van der Waals surface area contributed by atoms with E-state index < -0.39 is 12.1 Å². The van der Waals surface area contributed by atoms with Gasteiger partial charge in [0.15, 0.2) is 6.10 Å². The highest BCUT2D eigenvalue weighted by Crippen LogP contribution is 2.23. The molecule has 3 aromatic rings. The van der Waals surface area contributed by atoms with Crippen LogP contribution in [0, 0.1) is 6.92 Å². The first-order chi connectivity index (χ1) is 12.5. The van der Waals surface area contributed by atoms with Crippen molar-refractivity contribution in [2.45, 2.75) is 20.0 Å². The molecule has 0 saturated heterocycles. The quantitative estimate of drug-likeness (QED) is 0.429. The molecule has 132 valence electrons. The van der Waals surface area contributed by atoms with Gasteiger partial charge < -0.3 is 9.15 Å². The number of carbonyl (C=O) groups is 1. The molecule has 0 unspecified atom stereocenters. The number of benzene rings is 2. The van der Waals surface area contributed by atoms with Crippen LogP contribution >= 0.6 is 15.9 Å². The van der Waals surface area contributed by atoms with Crippen LogP contribution in [0.1, 0.15) is 30.0 Å². The summed E-state index contributed by atoms with van der Waals surface area (Å²) in [7, 11) is 0. The molecule has 6 heteroatoms. The van der Waals surface area contributed by atoms with E-state index in [1.54, 1.807) is 13.0 Å². The van der Waals surface area contributed by atoms with E-state index in [4.69, 9.17) is 9.15 Å². The number of rotatable bonds is 5. The fourth-order valence-corrected chi connectivity index (χ4v) is 2.67. The fraction of sp³-hybridized carbons (Fsp3) is 0.150. The fourth-order valence-electron chi connectivity index (χ4n) is 2.25. The average Bonchev–Trinajstić information content (AvgIpc) is 3.11. The van der Waals surface area contributed by atoms with Crippen LogP contribution in [-0.2, 0) is 9.53 Å². The summed E-state index contributed by atoms with van der Waals surface area (Å²) < 4.78 is 11.9. The number of hydrogen-bond acceptors (Lipinski definition) is 5. The minimum absolute atomic E-state index is 0.254. The molecule has 1 aromatic heterocycles. The Balaban J connectivity index is 1.63. The smallest absolute Gasteiger partial charge is 0.331 e. The first-order valence-electron chi connectivity index (χ1n) is 8.06. The average molecular weight is 413 g/mol. The van der Waals surface area contributed by atoms with Gasteiger partial charge in [-0.1, -0.05) is 45.8 Å². The molecule has 1 heterocycles. The van der Waals surface area contributed by atoms with Crippen molar-refractivity contribution >= 4 is 28.0 Å². The molecule has 0 fully saturated rings. The zero-order chi connectivity index (χ0) is 18.5. The number of esters is 1. The molecule has 0 radical (unpaired) electrons. The van der Waals surface area contributed by atoms with E-state index in [1.807, 2.05) is 55.5 Å². The summed E-state index contributed by atoms with van der Waals surface area (Å²) in [4.78, 5) is 12.0. The number of hydrogen-bond donors (Lipinski definition) is 0. The maximum Gasteiger partial charge on any atom is 0.331 e. The van der Waals surface area contributed by atoms with Crippen LogP contribution < -0.4 is 0 Å². The lowest BCUT2D eigenvalue weighted by Crippen LogP contribution is -2.06. The van der Waals surface area contributed by atoms with Crippen LogP contribution in [0.2, 0.25) is 0 Å². The highest BCUT2D eigenvalue weighted by atomic mass is 79.9. The van der Waals surface area contributed by atoms with Gasteiger partial charge in [-0.3, -0.25) is 0 Å². The van der Waals surface area contributed by atoms with E-state index >= 15 is 0 Å². The highest BCUT2D eigenvalue weighted by molar-refractivity contribution is 9.10. The first-order valence-corrected chi connectivity index (χ1v) is 8.85. The van der Waals surface area contributed by atoms with Gasteiger partial charge in [-0.05, 0) is 49.8 Å². The molecule has 2 aromatic carbocycles. The third-order valence-electron chi connectivity index (χ3n) is 3.64. The molecular formula is C20H17BrN2O3. The molecule has 0 N–H and O–H groups in total. The van der Waals surface area contributed by atoms with Gasteiger partial charge in [0.1, 0.15) is 0 Å². The molecule has 0 bridgehead atoms. The summed E-state index contributed by atoms with van der Waals surface area (Å²) >= 11 is 3.39. The molecule has 5 nitrogen and oxygen atoms in total. The summed E-state index contributed by atoms with van der Waals surface area (Å²) in [6.07, 6.45) is 2.42. The number of aryl methyl sites for hydroxylation is 1. The van der Waals surface area contributed by atoms with Gasteiger partial charge in [0.25, 0.3) is 5.89 Å². The number of halogens is 1. The Morgan fingerprint density at radius 1 is 1.19 bits per heavy atom. The van der Waals surface area contributed by atoms with Gasteiger partial charge in [0, 0.05) is 16.1 Å². The Bertz CT molecular complexity index is 932. The van der Waals surface area contributed by atoms with Crippen molar-refractivity contribution in [3.05, 3.63) is 76.1 Å². The second-order valence-corrected chi connectivity index (χ2v) is 6.69. The summed E-state index contributed by atoms with van der Waals surface area (Å²) in [5.41, 5.74) is 2.86. The highest BCUT2D eigenvalue weighted by Gasteiger charge is 2.18. The minimum atomic E-state index is -0.638. The van der Waals surface area contributed by atoms with Crippen molar-refractivity contribution in [2.75, 3.05) is 0 Å². The largest absolute Gasteiger partial charge is 0.449 e. The second-order valence-electron chi connectivity index (χ2n) is 5.78. The van der Waals surface area contributed by atoms with Crippen LogP contribution in [0.3, 0.4) is 0 Å². The predicted octanol–water partition coefficient (Wildman–Crippen LogP) is 5.13. The van der Waals surface area contributed by atoms with Gasteiger partial charge >= 0.3 is 5.97 Å². The van der Waals surface area contributed by atoms with Gasteiger partial charge in [0.05, 0.1) is 0 Å². The topological polar surface area (TPSA) is 65.2 Å². The van der Waals surface area contributed by atoms with Crippen molar-refractivity contribution in [1.29, 1.82) is 0 Å². The second kappa shape index (κ2) is 8.10. The Morgan fingerprint density at radius 3 is 2.69 bits per heavy atom. The van der Waals surface area contributed by atoms with E-state index in [-0.39, 0.29) is 5.89 Å². The summed E-state index contributed by atoms with van der Waals surface area (Å²) in [5.74, 6) is 0.171. The summed E-state index contributed by atoms with van der Waals surface area (Å²) in [6, 6.07) is 15.4. The number of nitrogens with zero attached hydrogens (tertiary/aromatic N) is 2. The van der Waals surface area contributed by atoms with E-state index in [9.17, 15) is 4.79 Å². The predicted molar refractivity (Wildman–Crippen MR) is 102 cm³/mol. The molecule has 0 aliphatic rings. The van der Waals surface area contributed by atoms with Crippen LogP contribution in [-0.4, -0.2) is 16.2 Å². The Hall–Kier alpha value is -2.73. The van der Waals surface area contributed by atoms with E-state index in [1.165, 1.54) is 6.08 Å². The zero-order valence-electron chi connectivity index (χ0n) is 14.3. The third-order valence-corrected chi connectivity index (χ3v) is 4.13. The van der Waals surface area contributed by atoms with E-state index in [0.717, 1.165) is 21.2 Å². The third kappa shape index (κ3) is 4.67. The van der Waals surface area contributed by atoms with Crippen LogP contribution in [0.5, 0.6) is 0 Å². The van der Waals surface area contributed by atoms with Crippen molar-refractivity contribution in [3.8, 4) is 11.5 Å². The molecular weight excluding hydrogens is 396 g/mol. The molecule has 1 atom stereocenters. The lowest BCUT2D eigenvalue weighted by Gasteiger charge is -2.06. The summed E-state index contributed by atoms with van der Waals surface area (Å²) in [5, 5.41) is 7.99. The maximum absolute atomic E-state index is 12.0. The van der Waals surface area contributed by atoms with Crippen molar-refractivity contribution in [2.24, 2.45) is 0 Å². The molecule has 0 aliphatic heterocycles.